The molecule has 1 amide bonds. The number of carbonyl (C=O) groups excluding carboxylic acids is 1. The maximum absolute atomic E-state index is 12.4. The molecule has 2 rings (SSSR count). The van der Waals surface area contributed by atoms with E-state index in [2.05, 4.69) is 10.6 Å². The molecule has 136 valence electrons. The molecule has 1 aliphatic heterocycles. The van der Waals surface area contributed by atoms with Gasteiger partial charge >= 0.3 is 0 Å². The summed E-state index contributed by atoms with van der Waals surface area (Å²) >= 11 is 0. The fourth-order valence-electron chi connectivity index (χ4n) is 2.76. The standard InChI is InChI=1S/C16H24N2O4S.ClH/c1-23(20,21)16(7-9-17-10-8-16)15(19)18-11-12-22-13-14-5-3-2-4-6-14;/h2-6,17H,7-13H2,1H3,(H,18,19);1H. The number of amides is 1. The molecule has 0 aliphatic carbocycles. The molecule has 6 nitrogen and oxygen atoms in total. The Morgan fingerprint density at radius 1 is 1.25 bits per heavy atom. The third-order valence-electron chi connectivity index (χ3n) is 4.18. The second-order valence-corrected chi connectivity index (χ2v) is 8.14. The summed E-state index contributed by atoms with van der Waals surface area (Å²) in [6.45, 7) is 2.18. The number of ether oxygens (including phenoxy) is 1. The predicted octanol–water partition coefficient (Wildman–Crippen LogP) is 0.908. The van der Waals surface area contributed by atoms with Crippen molar-refractivity contribution in [2.45, 2.75) is 24.2 Å². The smallest absolute Gasteiger partial charge is 0.241 e. The highest BCUT2D eigenvalue weighted by Gasteiger charge is 2.48. The normalized spacial score (nSPS) is 16.9. The average molecular weight is 377 g/mol. The predicted molar refractivity (Wildman–Crippen MR) is 96.0 cm³/mol. The van der Waals surface area contributed by atoms with Crippen LogP contribution in [-0.2, 0) is 26.0 Å². The van der Waals surface area contributed by atoms with E-state index in [1.54, 1.807) is 0 Å². The van der Waals surface area contributed by atoms with E-state index in [0.29, 0.717) is 45.7 Å². The highest BCUT2D eigenvalue weighted by molar-refractivity contribution is 7.92. The van der Waals surface area contributed by atoms with Crippen LogP contribution in [0.2, 0.25) is 0 Å². The molecule has 8 heteroatoms. The number of piperidine rings is 1. The van der Waals surface area contributed by atoms with E-state index in [0.717, 1.165) is 11.8 Å². The first-order chi connectivity index (χ1) is 11.0. The maximum Gasteiger partial charge on any atom is 0.241 e. The fraction of sp³-hybridized carbons (Fsp3) is 0.562. The summed E-state index contributed by atoms with van der Waals surface area (Å²) in [6, 6.07) is 9.74. The van der Waals surface area contributed by atoms with Gasteiger partial charge in [0.15, 0.2) is 14.6 Å². The quantitative estimate of drug-likeness (QED) is 0.691. The molecule has 0 saturated carbocycles. The third kappa shape index (κ3) is 5.17. The van der Waals surface area contributed by atoms with E-state index >= 15 is 0 Å². The Morgan fingerprint density at radius 3 is 2.46 bits per heavy atom. The van der Waals surface area contributed by atoms with Crippen LogP contribution in [0.25, 0.3) is 0 Å². The minimum Gasteiger partial charge on any atom is -0.375 e. The van der Waals surface area contributed by atoms with Crippen molar-refractivity contribution in [3.8, 4) is 0 Å². The molecule has 1 heterocycles. The van der Waals surface area contributed by atoms with Gasteiger partial charge in [-0.3, -0.25) is 4.79 Å². The van der Waals surface area contributed by atoms with Crippen molar-refractivity contribution in [3.05, 3.63) is 35.9 Å². The van der Waals surface area contributed by atoms with Crippen LogP contribution in [0.15, 0.2) is 30.3 Å². The summed E-state index contributed by atoms with van der Waals surface area (Å²) in [4.78, 5) is 12.4. The number of sulfone groups is 1. The first-order valence-electron chi connectivity index (χ1n) is 7.76. The van der Waals surface area contributed by atoms with Gasteiger partial charge in [-0.2, -0.15) is 0 Å². The van der Waals surface area contributed by atoms with Gasteiger partial charge in [-0.05, 0) is 31.5 Å². The van der Waals surface area contributed by atoms with Crippen LogP contribution in [0, 0.1) is 0 Å². The van der Waals surface area contributed by atoms with E-state index < -0.39 is 20.5 Å². The Bertz CT molecular complexity index is 616. The largest absolute Gasteiger partial charge is 0.375 e. The zero-order valence-corrected chi connectivity index (χ0v) is 15.4. The summed E-state index contributed by atoms with van der Waals surface area (Å²) in [5, 5.41) is 5.81. The van der Waals surface area contributed by atoms with Gasteiger partial charge in [0.25, 0.3) is 0 Å². The van der Waals surface area contributed by atoms with Crippen LogP contribution in [0.1, 0.15) is 18.4 Å². The molecule has 0 bridgehead atoms. The van der Waals surface area contributed by atoms with E-state index in [-0.39, 0.29) is 12.4 Å². The number of carbonyl (C=O) groups is 1. The van der Waals surface area contributed by atoms with Crippen molar-refractivity contribution >= 4 is 28.2 Å². The lowest BCUT2D eigenvalue weighted by Gasteiger charge is -2.34. The van der Waals surface area contributed by atoms with Crippen LogP contribution in [0.4, 0.5) is 0 Å². The Kier molecular flexibility index (Phi) is 8.15. The minimum atomic E-state index is -3.47. The van der Waals surface area contributed by atoms with Crippen molar-refractivity contribution in [2.24, 2.45) is 0 Å². The van der Waals surface area contributed by atoms with Gasteiger partial charge in [-0.1, -0.05) is 30.3 Å². The van der Waals surface area contributed by atoms with Crippen LogP contribution in [0.5, 0.6) is 0 Å². The molecule has 1 aromatic carbocycles. The molecule has 0 atom stereocenters. The van der Waals surface area contributed by atoms with Crippen LogP contribution < -0.4 is 10.6 Å². The number of hydrogen-bond donors (Lipinski definition) is 2. The summed E-state index contributed by atoms with van der Waals surface area (Å²) in [6.07, 6.45) is 1.76. The Hall–Kier alpha value is -1.15. The van der Waals surface area contributed by atoms with E-state index in [9.17, 15) is 13.2 Å². The minimum absolute atomic E-state index is 0. The van der Waals surface area contributed by atoms with Gasteiger partial charge in [0.05, 0.1) is 13.2 Å². The molecule has 0 unspecified atom stereocenters. The Balaban J connectivity index is 0.00000288. The summed E-state index contributed by atoms with van der Waals surface area (Å²) in [5.74, 6) is -0.412. The monoisotopic (exact) mass is 376 g/mol. The molecule has 1 aromatic rings. The zero-order valence-electron chi connectivity index (χ0n) is 13.8. The zero-order chi connectivity index (χ0) is 16.8. The van der Waals surface area contributed by atoms with Gasteiger partial charge in [0, 0.05) is 12.8 Å². The van der Waals surface area contributed by atoms with Crippen molar-refractivity contribution < 1.29 is 17.9 Å². The summed E-state index contributed by atoms with van der Waals surface area (Å²) < 4.78 is 28.4. The Morgan fingerprint density at radius 2 is 1.88 bits per heavy atom. The first-order valence-corrected chi connectivity index (χ1v) is 9.65. The van der Waals surface area contributed by atoms with Gasteiger partial charge < -0.3 is 15.4 Å². The molecule has 0 spiro atoms. The van der Waals surface area contributed by atoms with Crippen molar-refractivity contribution in [1.29, 1.82) is 0 Å². The van der Waals surface area contributed by atoms with Gasteiger partial charge in [0.1, 0.15) is 0 Å². The van der Waals surface area contributed by atoms with Crippen LogP contribution in [0.3, 0.4) is 0 Å². The molecule has 0 aromatic heterocycles. The summed E-state index contributed by atoms with van der Waals surface area (Å²) in [5.41, 5.74) is 1.06. The number of rotatable bonds is 7. The second kappa shape index (κ2) is 9.36. The Labute approximate surface area is 149 Å². The van der Waals surface area contributed by atoms with Crippen molar-refractivity contribution in [2.75, 3.05) is 32.5 Å². The lowest BCUT2D eigenvalue weighted by atomic mass is 9.96. The third-order valence-corrected chi connectivity index (χ3v) is 6.19. The molecule has 0 radical (unpaired) electrons. The molecule has 1 fully saturated rings. The van der Waals surface area contributed by atoms with Crippen molar-refractivity contribution in [3.63, 3.8) is 0 Å². The number of hydrogen-bond acceptors (Lipinski definition) is 5. The van der Waals surface area contributed by atoms with E-state index in [4.69, 9.17) is 4.74 Å². The van der Waals surface area contributed by atoms with E-state index in [1.807, 2.05) is 30.3 Å². The fourth-order valence-corrected chi connectivity index (χ4v) is 4.11. The molecular weight excluding hydrogens is 352 g/mol. The molecule has 1 aliphatic rings. The molecule has 24 heavy (non-hydrogen) atoms. The SMILES string of the molecule is CS(=O)(=O)C1(C(=O)NCCOCc2ccccc2)CCNCC1.Cl. The lowest BCUT2D eigenvalue weighted by molar-refractivity contribution is -0.124. The number of benzene rings is 1. The van der Waals surface area contributed by atoms with Crippen LogP contribution in [-0.4, -0.2) is 51.6 Å². The second-order valence-electron chi connectivity index (χ2n) is 5.81. The molecular formula is C16H25ClN2O4S. The number of halogens is 1. The number of nitrogens with one attached hydrogen (secondary N) is 2. The topological polar surface area (TPSA) is 84.5 Å². The summed E-state index contributed by atoms with van der Waals surface area (Å²) in [7, 11) is -3.47. The highest BCUT2D eigenvalue weighted by atomic mass is 35.5. The first kappa shape index (κ1) is 20.9. The lowest BCUT2D eigenvalue weighted by Crippen LogP contribution is -2.57. The van der Waals surface area contributed by atoms with Gasteiger partial charge in [0.2, 0.25) is 5.91 Å². The van der Waals surface area contributed by atoms with Crippen LogP contribution >= 0.6 is 12.4 Å². The van der Waals surface area contributed by atoms with Gasteiger partial charge in [-0.15, -0.1) is 12.4 Å². The molecule has 2 N–H and O–H groups in total. The average Bonchev–Trinajstić information content (AvgIpc) is 2.55. The highest BCUT2D eigenvalue weighted by Crippen LogP contribution is 2.27. The van der Waals surface area contributed by atoms with Gasteiger partial charge in [-0.25, -0.2) is 8.42 Å². The maximum atomic E-state index is 12.4. The van der Waals surface area contributed by atoms with E-state index in [1.165, 1.54) is 0 Å². The van der Waals surface area contributed by atoms with Crippen molar-refractivity contribution in [1.82, 2.24) is 10.6 Å². The molecule has 1 saturated heterocycles.